The molecule has 5 rings (SSSR count). The van der Waals surface area contributed by atoms with E-state index in [2.05, 4.69) is 39.7 Å². The molecule has 0 bridgehead atoms. The molecular weight excluding hydrogens is 504 g/mol. The Bertz CT molecular complexity index is 1440. The van der Waals surface area contributed by atoms with Gasteiger partial charge in [0.25, 0.3) is 10.0 Å². The number of benzene rings is 1. The molecule has 1 aliphatic rings. The zero-order valence-electron chi connectivity index (χ0n) is 19.0. The Kier molecular flexibility index (Phi) is 6.62. The number of sulfonamides is 1. The van der Waals surface area contributed by atoms with E-state index in [0.717, 1.165) is 58.6 Å². The third kappa shape index (κ3) is 5.11. The molecule has 1 aromatic carbocycles. The van der Waals surface area contributed by atoms with Gasteiger partial charge in [-0.05, 0) is 30.2 Å². The summed E-state index contributed by atoms with van der Waals surface area (Å²) in [6.45, 7) is 5.16. The highest BCUT2D eigenvalue weighted by atomic mass is 32.2. The molecule has 1 aliphatic heterocycles. The lowest BCUT2D eigenvalue weighted by molar-refractivity contribution is 0.386. The van der Waals surface area contributed by atoms with Crippen LogP contribution < -0.4 is 9.62 Å². The van der Waals surface area contributed by atoms with Gasteiger partial charge in [0.2, 0.25) is 5.13 Å². The minimum atomic E-state index is -3.72. The molecule has 0 radical (unpaired) electrons. The minimum absolute atomic E-state index is 0.176. The van der Waals surface area contributed by atoms with E-state index in [1.165, 1.54) is 11.3 Å². The number of anilines is 2. The van der Waals surface area contributed by atoms with Gasteiger partial charge < -0.3 is 14.8 Å². The summed E-state index contributed by atoms with van der Waals surface area (Å²) < 4.78 is 27.8. The maximum Gasteiger partial charge on any atom is 0.263 e. The van der Waals surface area contributed by atoms with Crippen LogP contribution in [0.25, 0.3) is 11.0 Å². The zero-order valence-corrected chi connectivity index (χ0v) is 21.5. The Morgan fingerprint density at radius 2 is 1.89 bits per heavy atom. The van der Waals surface area contributed by atoms with E-state index in [1.807, 2.05) is 19.2 Å². The summed E-state index contributed by atoms with van der Waals surface area (Å²) in [6.07, 6.45) is 4.75. The van der Waals surface area contributed by atoms with Crippen LogP contribution in [0.1, 0.15) is 17.5 Å². The summed E-state index contributed by atoms with van der Waals surface area (Å²) in [5, 5.41) is 9.90. The lowest BCUT2D eigenvalue weighted by Gasteiger charge is -2.37. The van der Waals surface area contributed by atoms with Gasteiger partial charge in [-0.2, -0.15) is 0 Å². The normalized spacial score (nSPS) is 14.4. The van der Waals surface area contributed by atoms with Crippen LogP contribution in [0.2, 0.25) is 0 Å². The number of hydrogen-bond donors (Lipinski definition) is 2. The first-order valence-electron chi connectivity index (χ1n) is 11.2. The highest BCUT2D eigenvalue weighted by Gasteiger charge is 2.22. The Hall–Kier alpha value is -3.16. The van der Waals surface area contributed by atoms with Crippen molar-refractivity contribution in [1.82, 2.24) is 30.0 Å². The number of thiocarbonyl (C=S) groups is 1. The summed E-state index contributed by atoms with van der Waals surface area (Å²) >= 11 is 6.95. The van der Waals surface area contributed by atoms with Gasteiger partial charge in [-0.3, -0.25) is 4.72 Å². The van der Waals surface area contributed by atoms with Gasteiger partial charge in [0.15, 0.2) is 0 Å². The fourth-order valence-corrected chi connectivity index (χ4v) is 6.22. The molecule has 13 heteroatoms. The summed E-state index contributed by atoms with van der Waals surface area (Å²) in [7, 11) is -3.72. The molecule has 4 aromatic rings. The molecule has 3 aromatic heterocycles. The van der Waals surface area contributed by atoms with Gasteiger partial charge in [-0.25, -0.2) is 18.4 Å². The predicted octanol–water partition coefficient (Wildman–Crippen LogP) is 2.86. The van der Waals surface area contributed by atoms with E-state index in [4.69, 9.17) is 12.2 Å². The molecule has 2 N–H and O–H groups in total. The van der Waals surface area contributed by atoms with Crippen molar-refractivity contribution in [3.8, 4) is 0 Å². The number of aromatic nitrogens is 5. The predicted molar refractivity (Wildman–Crippen MR) is 141 cm³/mol. The van der Waals surface area contributed by atoms with Gasteiger partial charge in [0.1, 0.15) is 22.8 Å². The van der Waals surface area contributed by atoms with Crippen LogP contribution in [0.3, 0.4) is 0 Å². The van der Waals surface area contributed by atoms with Gasteiger partial charge in [0, 0.05) is 38.8 Å². The number of nitrogens with zero attached hydrogens (tertiary/aromatic N) is 6. The number of rotatable bonds is 7. The fourth-order valence-electron chi connectivity index (χ4n) is 3.96. The fraction of sp³-hybridized carbons (Fsp3) is 0.318. The van der Waals surface area contributed by atoms with Crippen molar-refractivity contribution >= 4 is 60.5 Å². The maximum absolute atomic E-state index is 12.7. The van der Waals surface area contributed by atoms with Crippen LogP contribution in [0.4, 0.5) is 10.9 Å². The number of nitrogens with one attached hydrogen (secondary N) is 2. The van der Waals surface area contributed by atoms with Crippen LogP contribution in [-0.2, 0) is 22.9 Å². The largest absolute Gasteiger partial charge is 0.362 e. The first kappa shape index (κ1) is 23.6. The summed E-state index contributed by atoms with van der Waals surface area (Å²) in [5.74, 6) is 0.937. The van der Waals surface area contributed by atoms with E-state index < -0.39 is 10.0 Å². The standard InChI is InChI=1S/C22H24N8O2S3/c1-2-18-26-27-22(34-18)28-35(31,32)16-5-3-15(4-6-16)13-19(33)29-9-11-30(12-10-29)21-17-7-8-23-20(17)24-14-25-21/h3-8,14H,2,9-13H2,1H3,(H,27,28)(H,23,24,25). The average Bonchev–Trinajstić information content (AvgIpc) is 3.53. The second-order valence-electron chi connectivity index (χ2n) is 8.09. The van der Waals surface area contributed by atoms with Crippen LogP contribution in [0, 0.1) is 0 Å². The Morgan fingerprint density at radius 1 is 1.11 bits per heavy atom. The number of hydrogen-bond acceptors (Lipinski definition) is 9. The van der Waals surface area contributed by atoms with Crippen LogP contribution in [0.15, 0.2) is 47.8 Å². The van der Waals surface area contributed by atoms with E-state index in [-0.39, 0.29) is 10.0 Å². The van der Waals surface area contributed by atoms with Crippen molar-refractivity contribution in [2.45, 2.75) is 24.7 Å². The van der Waals surface area contributed by atoms with E-state index in [1.54, 1.807) is 30.6 Å². The molecule has 1 fully saturated rings. The minimum Gasteiger partial charge on any atom is -0.362 e. The zero-order chi connectivity index (χ0) is 24.4. The van der Waals surface area contributed by atoms with Gasteiger partial charge in [0.05, 0.1) is 15.3 Å². The lowest BCUT2D eigenvalue weighted by atomic mass is 10.1. The van der Waals surface area contributed by atoms with Crippen molar-refractivity contribution < 1.29 is 8.42 Å². The molecule has 35 heavy (non-hydrogen) atoms. The van der Waals surface area contributed by atoms with Crippen molar-refractivity contribution in [1.29, 1.82) is 0 Å². The molecule has 182 valence electrons. The molecule has 0 amide bonds. The van der Waals surface area contributed by atoms with Gasteiger partial charge in [-0.1, -0.05) is 42.6 Å². The average molecular weight is 529 g/mol. The number of aryl methyl sites for hydroxylation is 1. The smallest absolute Gasteiger partial charge is 0.263 e. The Morgan fingerprint density at radius 3 is 2.60 bits per heavy atom. The quantitative estimate of drug-likeness (QED) is 0.349. The molecular formula is C22H24N8O2S3. The molecule has 4 heterocycles. The van der Waals surface area contributed by atoms with Crippen LogP contribution >= 0.6 is 23.6 Å². The van der Waals surface area contributed by atoms with Crippen molar-refractivity contribution in [2.75, 3.05) is 35.8 Å². The van der Waals surface area contributed by atoms with Crippen molar-refractivity contribution in [3.05, 3.63) is 53.4 Å². The molecule has 0 saturated carbocycles. The molecule has 0 atom stereocenters. The van der Waals surface area contributed by atoms with E-state index in [9.17, 15) is 8.42 Å². The topological polar surface area (TPSA) is 120 Å². The monoisotopic (exact) mass is 528 g/mol. The maximum atomic E-state index is 12.7. The van der Waals surface area contributed by atoms with Crippen LogP contribution in [0.5, 0.6) is 0 Å². The first-order chi connectivity index (χ1) is 16.9. The third-order valence-electron chi connectivity index (χ3n) is 5.84. The van der Waals surface area contributed by atoms with E-state index in [0.29, 0.717) is 12.8 Å². The van der Waals surface area contributed by atoms with Gasteiger partial charge in [-0.15, -0.1) is 10.2 Å². The SMILES string of the molecule is CCc1nnc(NS(=O)(=O)c2ccc(CC(=S)N3CCN(c4ncnc5[nH]ccc45)CC3)cc2)s1. The molecule has 1 saturated heterocycles. The highest BCUT2D eigenvalue weighted by Crippen LogP contribution is 2.24. The number of aromatic amines is 1. The first-order valence-corrected chi connectivity index (χ1v) is 13.9. The highest BCUT2D eigenvalue weighted by molar-refractivity contribution is 7.93. The molecule has 0 spiro atoms. The second-order valence-corrected chi connectivity index (χ2v) is 11.3. The number of H-pyrrole nitrogens is 1. The summed E-state index contributed by atoms with van der Waals surface area (Å²) in [4.78, 5) is 17.3. The summed E-state index contributed by atoms with van der Waals surface area (Å²) in [6, 6.07) is 8.79. The Balaban J connectivity index is 1.18. The number of piperazine rings is 1. The molecule has 0 aliphatic carbocycles. The third-order valence-corrected chi connectivity index (χ3v) is 8.71. The lowest BCUT2D eigenvalue weighted by Crippen LogP contribution is -2.49. The van der Waals surface area contributed by atoms with Gasteiger partial charge >= 0.3 is 0 Å². The second kappa shape index (κ2) is 9.84. The van der Waals surface area contributed by atoms with Crippen molar-refractivity contribution in [2.24, 2.45) is 0 Å². The molecule has 0 unspecified atom stereocenters. The van der Waals surface area contributed by atoms with Crippen LogP contribution in [-0.4, -0.2) is 69.6 Å². The van der Waals surface area contributed by atoms with E-state index >= 15 is 0 Å². The summed E-state index contributed by atoms with van der Waals surface area (Å²) in [5.41, 5.74) is 1.80. The molecule has 10 nitrogen and oxygen atoms in total. The van der Waals surface area contributed by atoms with Crippen molar-refractivity contribution in [3.63, 3.8) is 0 Å². The Labute approximate surface area is 212 Å². The number of fused-ring (bicyclic) bond motifs is 1.